The molecule has 1 atom stereocenters. The third-order valence-corrected chi connectivity index (χ3v) is 9.29. The highest BCUT2D eigenvalue weighted by Gasteiger charge is 2.37. The fraction of sp³-hybridized carbons (Fsp3) is 0.586. The van der Waals surface area contributed by atoms with Crippen LogP contribution in [0.1, 0.15) is 48.7 Å². The van der Waals surface area contributed by atoms with E-state index >= 15 is 0 Å². The summed E-state index contributed by atoms with van der Waals surface area (Å²) in [6.07, 6.45) is 5.76. The van der Waals surface area contributed by atoms with Crippen LogP contribution in [0.4, 0.5) is 22.1 Å². The molecular formula is C29H40N8O3. The van der Waals surface area contributed by atoms with Crippen molar-refractivity contribution in [2.45, 2.75) is 50.1 Å². The van der Waals surface area contributed by atoms with E-state index in [2.05, 4.69) is 39.2 Å². The van der Waals surface area contributed by atoms with E-state index in [4.69, 9.17) is 15.5 Å². The number of carbonyl (C=O) groups excluding carboxylic acids is 2. The first-order valence-electron chi connectivity index (χ1n) is 14.4. The van der Waals surface area contributed by atoms with Crippen molar-refractivity contribution >= 4 is 29.3 Å². The molecule has 1 aromatic heterocycles. The van der Waals surface area contributed by atoms with Crippen LogP contribution < -0.4 is 16.0 Å². The Balaban J connectivity index is 1.15. The third kappa shape index (κ3) is 5.19. The lowest BCUT2D eigenvalue weighted by Crippen LogP contribution is -2.53. The molecule has 3 N–H and O–H groups in total. The Bertz CT molecular complexity index is 1240. The number of nitrogens with zero attached hydrogens (tertiary/aromatic N) is 6. The minimum absolute atomic E-state index is 0.0835. The zero-order valence-electron chi connectivity index (χ0n) is 23.5. The van der Waals surface area contributed by atoms with Gasteiger partial charge in [-0.2, -0.15) is 0 Å². The summed E-state index contributed by atoms with van der Waals surface area (Å²) in [6, 6.07) is 9.22. The van der Waals surface area contributed by atoms with E-state index in [-0.39, 0.29) is 23.2 Å². The van der Waals surface area contributed by atoms with Crippen LogP contribution in [0.25, 0.3) is 0 Å². The van der Waals surface area contributed by atoms with Crippen LogP contribution in [0.3, 0.4) is 0 Å². The highest BCUT2D eigenvalue weighted by atomic mass is 16.5. The highest BCUT2D eigenvalue weighted by molar-refractivity contribution is 5.96. The Morgan fingerprint density at radius 1 is 1.07 bits per heavy atom. The molecule has 214 valence electrons. The summed E-state index contributed by atoms with van der Waals surface area (Å²) in [5, 5.41) is 3.30. The third-order valence-electron chi connectivity index (χ3n) is 9.29. The van der Waals surface area contributed by atoms with Crippen molar-refractivity contribution in [1.29, 1.82) is 0 Å². The van der Waals surface area contributed by atoms with Crippen LogP contribution in [0.2, 0.25) is 0 Å². The average molecular weight is 549 g/mol. The Kier molecular flexibility index (Phi) is 7.26. The lowest BCUT2D eigenvalue weighted by Gasteiger charge is -2.45. The highest BCUT2D eigenvalue weighted by Crippen LogP contribution is 2.37. The number of ether oxygens (including phenoxy) is 1. The number of primary amides is 1. The Morgan fingerprint density at radius 2 is 1.82 bits per heavy atom. The van der Waals surface area contributed by atoms with Gasteiger partial charge in [0.2, 0.25) is 0 Å². The van der Waals surface area contributed by atoms with E-state index in [1.165, 1.54) is 5.56 Å². The monoisotopic (exact) mass is 548 g/mol. The van der Waals surface area contributed by atoms with Crippen molar-refractivity contribution in [2.75, 3.05) is 69.7 Å². The molecule has 3 amide bonds. The molecule has 0 bridgehead atoms. The van der Waals surface area contributed by atoms with Gasteiger partial charge in [0.05, 0.1) is 31.5 Å². The molecule has 0 spiro atoms. The van der Waals surface area contributed by atoms with Crippen LogP contribution in [-0.2, 0) is 10.2 Å². The van der Waals surface area contributed by atoms with Gasteiger partial charge in [-0.15, -0.1) is 0 Å². The molecule has 1 aromatic carbocycles. The molecule has 0 saturated carbocycles. The number of anilines is 3. The SMILES string of the molecule is CN1CCN(C2CCCN(c3cnc(C(N)=O)c(Nc4ccc(C5(C)CCN(C6COC6)CC5)cc4)n3)C2)C1=O. The van der Waals surface area contributed by atoms with Crippen molar-refractivity contribution in [1.82, 2.24) is 24.7 Å². The van der Waals surface area contributed by atoms with E-state index in [1.807, 2.05) is 24.1 Å². The van der Waals surface area contributed by atoms with Gasteiger partial charge in [0, 0.05) is 38.9 Å². The molecule has 4 aliphatic heterocycles. The molecule has 2 aromatic rings. The first kappa shape index (κ1) is 26.8. The average Bonchev–Trinajstić information content (AvgIpc) is 3.27. The lowest BCUT2D eigenvalue weighted by molar-refractivity contribution is -0.0751. The summed E-state index contributed by atoms with van der Waals surface area (Å²) in [4.78, 5) is 42.4. The van der Waals surface area contributed by atoms with Crippen molar-refractivity contribution in [3.8, 4) is 0 Å². The molecule has 6 rings (SSSR count). The predicted octanol–water partition coefficient (Wildman–Crippen LogP) is 2.41. The predicted molar refractivity (Wildman–Crippen MR) is 153 cm³/mol. The topological polar surface area (TPSA) is 120 Å². The number of likely N-dealkylation sites (tertiary alicyclic amines) is 1. The quantitative estimate of drug-likeness (QED) is 0.541. The number of aromatic nitrogens is 2. The summed E-state index contributed by atoms with van der Waals surface area (Å²) in [6.45, 7) is 9.26. The van der Waals surface area contributed by atoms with Crippen molar-refractivity contribution in [2.24, 2.45) is 5.73 Å². The second-order valence-electron chi connectivity index (χ2n) is 11.9. The molecule has 0 radical (unpaired) electrons. The number of piperidine rings is 2. The van der Waals surface area contributed by atoms with Crippen molar-refractivity contribution in [3.63, 3.8) is 0 Å². The van der Waals surface area contributed by atoms with Crippen LogP contribution in [0, 0.1) is 0 Å². The second-order valence-corrected chi connectivity index (χ2v) is 11.9. The maximum Gasteiger partial charge on any atom is 0.320 e. The molecule has 5 heterocycles. The largest absolute Gasteiger partial charge is 0.378 e. The maximum absolute atomic E-state index is 12.6. The normalized spacial score (nSPS) is 23.8. The number of rotatable bonds is 7. The molecule has 4 aliphatic rings. The fourth-order valence-corrected chi connectivity index (χ4v) is 6.42. The van der Waals surface area contributed by atoms with Crippen LogP contribution >= 0.6 is 0 Å². The molecule has 0 aliphatic carbocycles. The fourth-order valence-electron chi connectivity index (χ4n) is 6.42. The zero-order valence-corrected chi connectivity index (χ0v) is 23.5. The number of hydrogen-bond donors (Lipinski definition) is 2. The molecule has 11 heteroatoms. The van der Waals surface area contributed by atoms with Crippen molar-refractivity contribution in [3.05, 3.63) is 41.7 Å². The molecular weight excluding hydrogens is 508 g/mol. The smallest absolute Gasteiger partial charge is 0.320 e. The number of carbonyl (C=O) groups is 2. The Hall–Kier alpha value is -3.44. The molecule has 4 saturated heterocycles. The van der Waals surface area contributed by atoms with E-state index < -0.39 is 5.91 Å². The van der Waals surface area contributed by atoms with Crippen LogP contribution in [0.5, 0.6) is 0 Å². The van der Waals surface area contributed by atoms with Gasteiger partial charge in [-0.25, -0.2) is 14.8 Å². The van der Waals surface area contributed by atoms with Gasteiger partial charge >= 0.3 is 6.03 Å². The number of urea groups is 1. The van der Waals surface area contributed by atoms with E-state index in [0.717, 1.165) is 77.3 Å². The molecule has 4 fully saturated rings. The summed E-state index contributed by atoms with van der Waals surface area (Å²) < 4.78 is 5.38. The van der Waals surface area contributed by atoms with Crippen molar-refractivity contribution < 1.29 is 14.3 Å². The number of benzene rings is 1. The Morgan fingerprint density at radius 3 is 2.45 bits per heavy atom. The first-order chi connectivity index (χ1) is 19.3. The minimum Gasteiger partial charge on any atom is -0.378 e. The second kappa shape index (κ2) is 10.9. The molecule has 11 nitrogen and oxygen atoms in total. The van der Waals surface area contributed by atoms with Gasteiger partial charge in [0.15, 0.2) is 11.5 Å². The van der Waals surface area contributed by atoms with Gasteiger partial charge in [-0.1, -0.05) is 19.1 Å². The summed E-state index contributed by atoms with van der Waals surface area (Å²) >= 11 is 0. The van der Waals surface area contributed by atoms with Gasteiger partial charge < -0.3 is 30.5 Å². The van der Waals surface area contributed by atoms with Crippen LogP contribution in [0.15, 0.2) is 30.5 Å². The van der Waals surface area contributed by atoms with Gasteiger partial charge in [0.1, 0.15) is 5.82 Å². The number of nitrogens with one attached hydrogen (secondary N) is 1. The molecule has 40 heavy (non-hydrogen) atoms. The summed E-state index contributed by atoms with van der Waals surface area (Å²) in [5.74, 6) is 0.389. The number of amides is 3. The number of hydrogen-bond acceptors (Lipinski definition) is 8. The van der Waals surface area contributed by atoms with Crippen LogP contribution in [-0.4, -0.2) is 108 Å². The minimum atomic E-state index is -0.628. The Labute approximate surface area is 235 Å². The van der Waals surface area contributed by atoms with Gasteiger partial charge in [-0.05, 0) is 61.9 Å². The van der Waals surface area contributed by atoms with E-state index in [0.29, 0.717) is 24.2 Å². The van der Waals surface area contributed by atoms with E-state index in [1.54, 1.807) is 11.1 Å². The van der Waals surface area contributed by atoms with Gasteiger partial charge in [-0.3, -0.25) is 9.69 Å². The van der Waals surface area contributed by atoms with E-state index in [9.17, 15) is 9.59 Å². The molecule has 1 unspecified atom stereocenters. The maximum atomic E-state index is 12.6. The number of nitrogens with two attached hydrogens (primary N) is 1. The standard InChI is InChI=1S/C29H40N8O3/c1-29(9-12-35(13-10-29)23-18-40-19-23)20-5-7-21(8-6-20)32-27-25(26(30)38)31-16-24(33-27)36-11-3-4-22(17-36)37-15-14-34(2)28(37)39/h5-8,16,22-23H,3-4,9-15,17-19H2,1-2H3,(H2,30,38)(H,32,33). The van der Waals surface area contributed by atoms with Gasteiger partial charge in [0.25, 0.3) is 5.91 Å². The lowest BCUT2D eigenvalue weighted by atomic mass is 9.74. The number of likely N-dealkylation sites (N-methyl/N-ethyl adjacent to an activating group) is 1. The first-order valence-corrected chi connectivity index (χ1v) is 14.4. The summed E-state index contributed by atoms with van der Waals surface area (Å²) in [7, 11) is 1.84. The summed E-state index contributed by atoms with van der Waals surface area (Å²) in [5.41, 5.74) is 8.05. The zero-order chi connectivity index (χ0) is 27.9.